The van der Waals surface area contributed by atoms with Gasteiger partial charge in [-0.2, -0.15) is 0 Å². The third-order valence-electron chi connectivity index (χ3n) is 6.94. The second-order valence-corrected chi connectivity index (χ2v) is 9.60. The SMILES string of the molecule is CCCCCCCCc1ccc2cc3cc(C=Cc4ccc5ccccc5c4)ccc3cc2c1. The Kier molecular flexibility index (Phi) is 7.05. The summed E-state index contributed by atoms with van der Waals surface area (Å²) in [7, 11) is 0. The summed E-state index contributed by atoms with van der Waals surface area (Å²) in [5.74, 6) is 0. The van der Waals surface area contributed by atoms with Crippen LogP contribution in [0.2, 0.25) is 0 Å². The standard InChI is InChI=1S/C34H34/c1-2-3-4-5-6-7-10-26-16-19-31-25-34-23-28(17-20-32(34)24-33(31)22-26)14-13-27-15-18-29-11-8-9-12-30(29)21-27/h8-9,11-25H,2-7,10H2,1H3. The van der Waals surface area contributed by atoms with Crippen molar-refractivity contribution in [2.75, 3.05) is 0 Å². The van der Waals surface area contributed by atoms with Gasteiger partial charge in [-0.05, 0) is 86.1 Å². The Morgan fingerprint density at radius 1 is 0.471 bits per heavy atom. The van der Waals surface area contributed by atoms with Crippen LogP contribution in [0.3, 0.4) is 0 Å². The molecule has 34 heavy (non-hydrogen) atoms. The second kappa shape index (κ2) is 10.7. The number of aryl methyl sites for hydroxylation is 1. The molecule has 0 atom stereocenters. The lowest BCUT2D eigenvalue weighted by atomic mass is 9.98. The predicted molar refractivity (Wildman–Crippen MR) is 151 cm³/mol. The normalized spacial score (nSPS) is 11.8. The fraction of sp³-hybridized carbons (Fsp3) is 0.235. The molecule has 0 N–H and O–H groups in total. The summed E-state index contributed by atoms with van der Waals surface area (Å²) >= 11 is 0. The fourth-order valence-corrected chi connectivity index (χ4v) is 4.94. The van der Waals surface area contributed by atoms with Gasteiger partial charge in [0.25, 0.3) is 0 Å². The average Bonchev–Trinajstić information content (AvgIpc) is 2.88. The van der Waals surface area contributed by atoms with Crippen LogP contribution in [0, 0.1) is 0 Å². The smallest absolute Gasteiger partial charge is 0.0172 e. The Morgan fingerprint density at radius 2 is 1.03 bits per heavy atom. The van der Waals surface area contributed by atoms with Crippen molar-refractivity contribution in [1.82, 2.24) is 0 Å². The first-order chi connectivity index (χ1) is 16.8. The summed E-state index contributed by atoms with van der Waals surface area (Å²) in [5.41, 5.74) is 3.94. The average molecular weight is 443 g/mol. The Bertz CT molecular complexity index is 1440. The Labute approximate surface area is 203 Å². The van der Waals surface area contributed by atoms with Crippen molar-refractivity contribution in [3.63, 3.8) is 0 Å². The lowest BCUT2D eigenvalue weighted by molar-refractivity contribution is 0.607. The van der Waals surface area contributed by atoms with E-state index in [1.54, 1.807) is 0 Å². The quantitative estimate of drug-likeness (QED) is 0.121. The van der Waals surface area contributed by atoms with Crippen molar-refractivity contribution in [2.24, 2.45) is 0 Å². The first-order valence-electron chi connectivity index (χ1n) is 12.9. The number of hydrogen-bond acceptors (Lipinski definition) is 0. The number of fused-ring (bicyclic) bond motifs is 3. The fourth-order valence-electron chi connectivity index (χ4n) is 4.94. The minimum Gasteiger partial charge on any atom is -0.0654 e. The van der Waals surface area contributed by atoms with Crippen molar-refractivity contribution in [3.05, 3.63) is 108 Å². The van der Waals surface area contributed by atoms with Crippen molar-refractivity contribution in [1.29, 1.82) is 0 Å². The molecule has 0 amide bonds. The van der Waals surface area contributed by atoms with Crippen molar-refractivity contribution in [3.8, 4) is 0 Å². The molecule has 0 bridgehead atoms. The molecular formula is C34H34. The number of unbranched alkanes of at least 4 members (excludes halogenated alkanes) is 5. The molecule has 0 aliphatic rings. The van der Waals surface area contributed by atoms with Gasteiger partial charge in [0.1, 0.15) is 0 Å². The van der Waals surface area contributed by atoms with Crippen molar-refractivity contribution < 1.29 is 0 Å². The molecule has 0 aliphatic heterocycles. The zero-order valence-corrected chi connectivity index (χ0v) is 20.3. The molecule has 0 unspecified atom stereocenters. The molecule has 5 aromatic rings. The highest BCUT2D eigenvalue weighted by Crippen LogP contribution is 2.26. The van der Waals surface area contributed by atoms with E-state index in [-0.39, 0.29) is 0 Å². The minimum absolute atomic E-state index is 1.19. The number of rotatable bonds is 9. The molecule has 0 heteroatoms. The van der Waals surface area contributed by atoms with Crippen LogP contribution in [0.1, 0.15) is 62.1 Å². The molecule has 5 rings (SSSR count). The van der Waals surface area contributed by atoms with E-state index in [4.69, 9.17) is 0 Å². The molecule has 0 aliphatic carbocycles. The van der Waals surface area contributed by atoms with Gasteiger partial charge in [0.15, 0.2) is 0 Å². The molecule has 0 heterocycles. The van der Waals surface area contributed by atoms with Gasteiger partial charge in [-0.25, -0.2) is 0 Å². The first kappa shape index (κ1) is 22.4. The van der Waals surface area contributed by atoms with E-state index in [9.17, 15) is 0 Å². The number of hydrogen-bond donors (Lipinski definition) is 0. The highest BCUT2D eigenvalue weighted by molar-refractivity contribution is 5.99. The van der Waals surface area contributed by atoms with Crippen LogP contribution < -0.4 is 0 Å². The van der Waals surface area contributed by atoms with Gasteiger partial charge >= 0.3 is 0 Å². The van der Waals surface area contributed by atoms with Crippen LogP contribution in [-0.4, -0.2) is 0 Å². The van der Waals surface area contributed by atoms with E-state index in [1.165, 1.54) is 94.0 Å². The third-order valence-corrected chi connectivity index (χ3v) is 6.94. The van der Waals surface area contributed by atoms with Crippen LogP contribution in [0.25, 0.3) is 44.5 Å². The van der Waals surface area contributed by atoms with E-state index < -0.39 is 0 Å². The molecular weight excluding hydrogens is 408 g/mol. The molecule has 0 fully saturated rings. The molecule has 5 aromatic carbocycles. The van der Waals surface area contributed by atoms with E-state index >= 15 is 0 Å². The monoisotopic (exact) mass is 442 g/mol. The maximum atomic E-state index is 2.40. The van der Waals surface area contributed by atoms with E-state index in [0.29, 0.717) is 0 Å². The lowest BCUT2D eigenvalue weighted by Crippen LogP contribution is -1.87. The van der Waals surface area contributed by atoms with Gasteiger partial charge < -0.3 is 0 Å². The Morgan fingerprint density at radius 3 is 1.79 bits per heavy atom. The van der Waals surface area contributed by atoms with Gasteiger partial charge in [-0.3, -0.25) is 0 Å². The van der Waals surface area contributed by atoms with Crippen molar-refractivity contribution in [2.45, 2.75) is 51.9 Å². The highest BCUT2D eigenvalue weighted by atomic mass is 14.1. The minimum atomic E-state index is 1.19. The summed E-state index contributed by atoms with van der Waals surface area (Å²) in [4.78, 5) is 0. The molecule has 0 nitrogen and oxygen atoms in total. The highest BCUT2D eigenvalue weighted by Gasteiger charge is 2.02. The van der Waals surface area contributed by atoms with Gasteiger partial charge in [0.05, 0.1) is 0 Å². The molecule has 0 saturated heterocycles. The lowest BCUT2D eigenvalue weighted by Gasteiger charge is -2.07. The topological polar surface area (TPSA) is 0 Å². The van der Waals surface area contributed by atoms with Gasteiger partial charge in [-0.15, -0.1) is 0 Å². The van der Waals surface area contributed by atoms with Crippen molar-refractivity contribution >= 4 is 44.5 Å². The molecule has 170 valence electrons. The number of benzene rings is 5. The van der Waals surface area contributed by atoms with Crippen LogP contribution >= 0.6 is 0 Å². The summed E-state index contributed by atoms with van der Waals surface area (Å²) in [6.07, 6.45) is 13.7. The summed E-state index contributed by atoms with van der Waals surface area (Å²) in [6.45, 7) is 2.28. The summed E-state index contributed by atoms with van der Waals surface area (Å²) < 4.78 is 0. The molecule has 0 spiro atoms. The zero-order valence-electron chi connectivity index (χ0n) is 20.3. The van der Waals surface area contributed by atoms with E-state index in [2.05, 4.69) is 110 Å². The molecule has 0 aromatic heterocycles. The van der Waals surface area contributed by atoms with Crippen LogP contribution in [0.5, 0.6) is 0 Å². The van der Waals surface area contributed by atoms with Gasteiger partial charge in [-0.1, -0.05) is 118 Å². The van der Waals surface area contributed by atoms with E-state index in [0.717, 1.165) is 0 Å². The van der Waals surface area contributed by atoms with Crippen LogP contribution in [-0.2, 0) is 6.42 Å². The Hall–Kier alpha value is -3.38. The van der Waals surface area contributed by atoms with Gasteiger partial charge in [0.2, 0.25) is 0 Å². The van der Waals surface area contributed by atoms with Crippen LogP contribution in [0.4, 0.5) is 0 Å². The second-order valence-electron chi connectivity index (χ2n) is 9.60. The maximum Gasteiger partial charge on any atom is -0.0172 e. The third kappa shape index (κ3) is 5.39. The van der Waals surface area contributed by atoms with Crippen LogP contribution in [0.15, 0.2) is 91.0 Å². The summed E-state index contributed by atoms with van der Waals surface area (Å²) in [6, 6.07) is 33.7. The molecule has 0 radical (unpaired) electrons. The van der Waals surface area contributed by atoms with Gasteiger partial charge in [0, 0.05) is 0 Å². The van der Waals surface area contributed by atoms with E-state index in [1.807, 2.05) is 0 Å². The largest absolute Gasteiger partial charge is 0.0654 e. The predicted octanol–water partition coefficient (Wildman–Crippen LogP) is 10.2. The first-order valence-corrected chi connectivity index (χ1v) is 12.9. The molecule has 0 saturated carbocycles. The maximum absolute atomic E-state index is 2.40. The Balaban J connectivity index is 1.31. The zero-order chi connectivity index (χ0) is 23.2. The summed E-state index contributed by atoms with van der Waals surface area (Å²) in [5, 5.41) is 7.87.